The van der Waals surface area contributed by atoms with Gasteiger partial charge in [0.2, 0.25) is 0 Å². The molecule has 0 aromatic heterocycles. The van der Waals surface area contributed by atoms with Gasteiger partial charge in [-0.2, -0.15) is 0 Å². The number of ether oxygens (including phenoxy) is 3. The van der Waals surface area contributed by atoms with E-state index in [4.69, 9.17) is 14.2 Å². The molecule has 0 spiro atoms. The van der Waals surface area contributed by atoms with Gasteiger partial charge in [0.1, 0.15) is 13.2 Å². The maximum absolute atomic E-state index is 12.8. The first kappa shape index (κ1) is 62.6. The molecule has 0 aromatic rings. The molecular weight excluding hydrogens is 805 g/mol. The van der Waals surface area contributed by atoms with E-state index in [1.807, 2.05) is 0 Å². The van der Waals surface area contributed by atoms with Crippen molar-refractivity contribution in [2.45, 2.75) is 309 Å². The fourth-order valence-corrected chi connectivity index (χ4v) is 8.33. The molecule has 0 aliphatic heterocycles. The average Bonchev–Trinajstić information content (AvgIpc) is 3.30. The summed E-state index contributed by atoms with van der Waals surface area (Å²) in [5.41, 5.74) is 0. The van der Waals surface area contributed by atoms with Gasteiger partial charge in [0.15, 0.2) is 6.10 Å². The van der Waals surface area contributed by atoms with Crippen molar-refractivity contribution in [3.63, 3.8) is 0 Å². The Hall–Kier alpha value is -2.37. The molecule has 0 aromatic carbocycles. The molecule has 65 heavy (non-hydrogen) atoms. The maximum Gasteiger partial charge on any atom is 0.306 e. The van der Waals surface area contributed by atoms with E-state index < -0.39 is 6.10 Å². The molecule has 1 unspecified atom stereocenters. The molecule has 0 aliphatic rings. The highest BCUT2D eigenvalue weighted by Gasteiger charge is 2.19. The predicted octanol–water partition coefficient (Wildman–Crippen LogP) is 18.9. The second-order valence-corrected chi connectivity index (χ2v) is 19.2. The van der Waals surface area contributed by atoms with Crippen LogP contribution < -0.4 is 0 Å². The van der Waals surface area contributed by atoms with Crippen molar-refractivity contribution < 1.29 is 28.6 Å². The Morgan fingerprint density at radius 2 is 0.554 bits per heavy atom. The zero-order chi connectivity index (χ0) is 47.2. The van der Waals surface area contributed by atoms with Crippen molar-refractivity contribution in [1.82, 2.24) is 0 Å². The lowest BCUT2D eigenvalue weighted by Crippen LogP contribution is -2.30. The van der Waals surface area contributed by atoms with Gasteiger partial charge >= 0.3 is 17.9 Å². The molecule has 0 fully saturated rings. The third kappa shape index (κ3) is 52.5. The standard InChI is InChI=1S/C59H108O6/c1-4-7-10-13-16-19-21-23-25-26-27-28-29-30-31-32-34-35-37-40-43-46-49-52-58(61)64-55-56(54-63-57(60)51-48-45-42-39-18-15-12-9-6-3)65-59(62)53-50-47-44-41-38-36-33-24-22-20-17-14-11-8-5-2/h21,23,26-27,29-30,56H,4-20,22,24-25,28,31-55H2,1-3H3/b23-21-,27-26-,30-29-. The van der Waals surface area contributed by atoms with Crippen molar-refractivity contribution in [1.29, 1.82) is 0 Å². The quantitative estimate of drug-likeness (QED) is 0.0262. The minimum Gasteiger partial charge on any atom is -0.462 e. The monoisotopic (exact) mass is 913 g/mol. The SMILES string of the molecule is CCCCCCC/C=C\C/C=C\C/C=C\CCCCCCCCCCC(=O)OCC(COC(=O)CCCCCCCCCCC)OC(=O)CCCCCCCCCCCCCCCCC. The lowest BCUT2D eigenvalue weighted by atomic mass is 10.0. The van der Waals surface area contributed by atoms with E-state index in [2.05, 4.69) is 57.2 Å². The number of hydrogen-bond acceptors (Lipinski definition) is 6. The van der Waals surface area contributed by atoms with E-state index in [1.165, 1.54) is 186 Å². The minimum atomic E-state index is -0.769. The lowest BCUT2D eigenvalue weighted by Gasteiger charge is -2.18. The number of rotatable bonds is 52. The van der Waals surface area contributed by atoms with Gasteiger partial charge in [-0.25, -0.2) is 0 Å². The first-order valence-corrected chi connectivity index (χ1v) is 28.5. The number of hydrogen-bond donors (Lipinski definition) is 0. The van der Waals surface area contributed by atoms with Crippen LogP contribution in [0.4, 0.5) is 0 Å². The Bertz CT molecular complexity index is 1090. The smallest absolute Gasteiger partial charge is 0.306 e. The van der Waals surface area contributed by atoms with Crippen LogP contribution in [0.5, 0.6) is 0 Å². The number of allylic oxidation sites excluding steroid dienone is 6. The van der Waals surface area contributed by atoms with E-state index in [9.17, 15) is 14.4 Å². The normalized spacial score (nSPS) is 12.2. The Kier molecular flexibility index (Phi) is 52.3. The van der Waals surface area contributed by atoms with Crippen molar-refractivity contribution >= 4 is 17.9 Å². The van der Waals surface area contributed by atoms with Gasteiger partial charge < -0.3 is 14.2 Å². The molecule has 0 amide bonds. The topological polar surface area (TPSA) is 78.9 Å². The number of esters is 3. The highest BCUT2D eigenvalue weighted by atomic mass is 16.6. The van der Waals surface area contributed by atoms with Crippen LogP contribution in [0.25, 0.3) is 0 Å². The second-order valence-electron chi connectivity index (χ2n) is 19.2. The lowest BCUT2D eigenvalue weighted by molar-refractivity contribution is -0.167. The van der Waals surface area contributed by atoms with E-state index in [0.29, 0.717) is 19.3 Å². The molecule has 1 atom stereocenters. The predicted molar refractivity (Wildman–Crippen MR) is 279 cm³/mol. The summed E-state index contributed by atoms with van der Waals surface area (Å²) in [4.78, 5) is 38.0. The molecule has 0 aliphatic carbocycles. The molecule has 0 saturated carbocycles. The van der Waals surface area contributed by atoms with Crippen molar-refractivity contribution in [2.75, 3.05) is 13.2 Å². The fourth-order valence-electron chi connectivity index (χ4n) is 8.33. The second kappa shape index (κ2) is 54.2. The van der Waals surface area contributed by atoms with Gasteiger partial charge in [-0.1, -0.05) is 263 Å². The van der Waals surface area contributed by atoms with Crippen molar-refractivity contribution in [2.24, 2.45) is 0 Å². The summed E-state index contributed by atoms with van der Waals surface area (Å²) in [6.45, 7) is 6.64. The van der Waals surface area contributed by atoms with Gasteiger partial charge in [0.25, 0.3) is 0 Å². The third-order valence-corrected chi connectivity index (χ3v) is 12.6. The van der Waals surface area contributed by atoms with E-state index >= 15 is 0 Å². The van der Waals surface area contributed by atoms with Gasteiger partial charge in [0.05, 0.1) is 0 Å². The van der Waals surface area contributed by atoms with Gasteiger partial charge in [-0.15, -0.1) is 0 Å². The Labute approximate surface area is 404 Å². The third-order valence-electron chi connectivity index (χ3n) is 12.6. The highest BCUT2D eigenvalue weighted by molar-refractivity contribution is 5.71. The van der Waals surface area contributed by atoms with Crippen molar-refractivity contribution in [3.05, 3.63) is 36.5 Å². The van der Waals surface area contributed by atoms with Crippen LogP contribution >= 0.6 is 0 Å². The number of carbonyl (C=O) groups excluding carboxylic acids is 3. The Balaban J connectivity index is 4.23. The van der Waals surface area contributed by atoms with Crippen molar-refractivity contribution in [3.8, 4) is 0 Å². The largest absolute Gasteiger partial charge is 0.462 e. The van der Waals surface area contributed by atoms with Gasteiger partial charge in [0, 0.05) is 19.3 Å². The summed E-state index contributed by atoms with van der Waals surface area (Å²) >= 11 is 0. The van der Waals surface area contributed by atoms with Crippen LogP contribution in [0.2, 0.25) is 0 Å². The molecule has 0 heterocycles. The van der Waals surface area contributed by atoms with Gasteiger partial charge in [-0.3, -0.25) is 14.4 Å². The minimum absolute atomic E-state index is 0.0702. The molecule has 6 nitrogen and oxygen atoms in total. The van der Waals surface area contributed by atoms with Crippen LogP contribution in [0.15, 0.2) is 36.5 Å². The zero-order valence-corrected chi connectivity index (χ0v) is 43.5. The summed E-state index contributed by atoms with van der Waals surface area (Å²) in [6.07, 6.45) is 64.2. The highest BCUT2D eigenvalue weighted by Crippen LogP contribution is 2.16. The molecule has 0 saturated heterocycles. The summed E-state index contributed by atoms with van der Waals surface area (Å²) in [5, 5.41) is 0. The molecule has 380 valence electrons. The number of carbonyl (C=O) groups is 3. The Morgan fingerprint density at radius 3 is 0.862 bits per heavy atom. The zero-order valence-electron chi connectivity index (χ0n) is 43.5. The number of unbranched alkanes of at least 4 members (excludes halogenated alkanes) is 35. The maximum atomic E-state index is 12.8. The van der Waals surface area contributed by atoms with Crippen LogP contribution in [-0.2, 0) is 28.6 Å². The average molecular weight is 914 g/mol. The first-order chi connectivity index (χ1) is 32.0. The van der Waals surface area contributed by atoms with Crippen LogP contribution in [0.1, 0.15) is 303 Å². The molecule has 6 heteroatoms. The first-order valence-electron chi connectivity index (χ1n) is 28.5. The molecule has 0 N–H and O–H groups in total. The van der Waals surface area contributed by atoms with Crippen LogP contribution in [-0.4, -0.2) is 37.2 Å². The summed E-state index contributed by atoms with van der Waals surface area (Å²) in [6, 6.07) is 0. The van der Waals surface area contributed by atoms with E-state index in [-0.39, 0.29) is 31.1 Å². The molecule has 0 rings (SSSR count). The van der Waals surface area contributed by atoms with Crippen LogP contribution in [0.3, 0.4) is 0 Å². The van der Waals surface area contributed by atoms with E-state index in [1.54, 1.807) is 0 Å². The summed E-state index contributed by atoms with van der Waals surface area (Å²) in [5.74, 6) is -0.865. The summed E-state index contributed by atoms with van der Waals surface area (Å²) < 4.78 is 16.8. The van der Waals surface area contributed by atoms with Gasteiger partial charge in [-0.05, 0) is 57.8 Å². The Morgan fingerprint density at radius 1 is 0.308 bits per heavy atom. The molecule has 0 radical (unpaired) electrons. The van der Waals surface area contributed by atoms with E-state index in [0.717, 1.165) is 77.0 Å². The van der Waals surface area contributed by atoms with Crippen LogP contribution in [0, 0.1) is 0 Å². The molecule has 0 bridgehead atoms. The molecular formula is C59H108O6. The fraction of sp³-hybridized carbons (Fsp3) is 0.847. The summed E-state index contributed by atoms with van der Waals surface area (Å²) in [7, 11) is 0.